The molecule has 0 bridgehead atoms. The Morgan fingerprint density at radius 2 is 1.53 bits per heavy atom. The van der Waals surface area contributed by atoms with Crippen LogP contribution in [0.5, 0.6) is 0 Å². The van der Waals surface area contributed by atoms with Gasteiger partial charge in [-0.1, -0.05) is 64.7 Å². The molecular formula is C17H32O2. The molecule has 0 aromatic carbocycles. The maximum atomic E-state index is 11.1. The average Bonchev–Trinajstić information content (AvgIpc) is 2.41. The fourth-order valence-electron chi connectivity index (χ4n) is 2.84. The molecule has 2 heteroatoms. The lowest BCUT2D eigenvalue weighted by Gasteiger charge is -2.21. The summed E-state index contributed by atoms with van der Waals surface area (Å²) in [6.45, 7) is 2.27. The number of unbranched alkanes of at least 4 members (excludes halogenated alkanes) is 9. The number of rotatable bonds is 11. The van der Waals surface area contributed by atoms with Crippen molar-refractivity contribution in [2.45, 2.75) is 103 Å². The van der Waals surface area contributed by atoms with Crippen molar-refractivity contribution in [3.8, 4) is 0 Å². The molecule has 19 heavy (non-hydrogen) atoms. The van der Waals surface area contributed by atoms with Crippen LogP contribution in [0.1, 0.15) is 96.8 Å². The minimum atomic E-state index is 0.0170. The maximum absolute atomic E-state index is 11.1. The number of esters is 1. The fraction of sp³-hybridized carbons (Fsp3) is 0.941. The van der Waals surface area contributed by atoms with E-state index in [0.717, 1.165) is 19.3 Å². The summed E-state index contributed by atoms with van der Waals surface area (Å²) in [7, 11) is 0. The molecule has 1 rings (SSSR count). The van der Waals surface area contributed by atoms with E-state index in [1.807, 2.05) is 0 Å². The molecule has 1 fully saturated rings. The van der Waals surface area contributed by atoms with Crippen LogP contribution >= 0.6 is 0 Å². The van der Waals surface area contributed by atoms with E-state index in [0.29, 0.717) is 6.42 Å². The van der Waals surface area contributed by atoms with Crippen molar-refractivity contribution in [3.63, 3.8) is 0 Å². The van der Waals surface area contributed by atoms with Gasteiger partial charge in [-0.2, -0.15) is 0 Å². The van der Waals surface area contributed by atoms with Crippen molar-refractivity contribution >= 4 is 5.97 Å². The van der Waals surface area contributed by atoms with E-state index in [9.17, 15) is 4.79 Å². The first-order valence-electron chi connectivity index (χ1n) is 8.52. The molecule has 0 aromatic rings. The van der Waals surface area contributed by atoms with Crippen LogP contribution < -0.4 is 0 Å². The van der Waals surface area contributed by atoms with Crippen molar-refractivity contribution in [3.05, 3.63) is 0 Å². The first kappa shape index (κ1) is 16.5. The van der Waals surface area contributed by atoms with E-state index >= 15 is 0 Å². The predicted molar refractivity (Wildman–Crippen MR) is 80.2 cm³/mol. The highest BCUT2D eigenvalue weighted by Crippen LogP contribution is 2.20. The third-order valence-corrected chi connectivity index (χ3v) is 4.08. The molecule has 0 amide bonds. The van der Waals surface area contributed by atoms with Gasteiger partial charge in [0, 0.05) is 6.42 Å². The second-order valence-electron chi connectivity index (χ2n) is 5.97. The van der Waals surface area contributed by atoms with E-state index in [-0.39, 0.29) is 12.1 Å². The highest BCUT2D eigenvalue weighted by atomic mass is 16.5. The number of carbonyl (C=O) groups excluding carboxylic acids is 1. The standard InChI is InChI=1S/C17H32O2/c1-2-3-4-5-6-7-8-9-10-11-13-16-14-12-15-17(18)19-16/h16H,2-15H2,1H3/t16-/m0/s1. The molecule has 0 spiro atoms. The zero-order valence-corrected chi connectivity index (χ0v) is 12.8. The van der Waals surface area contributed by atoms with Crippen LogP contribution in [-0.2, 0) is 9.53 Å². The molecule has 0 aromatic heterocycles. The summed E-state index contributed by atoms with van der Waals surface area (Å²) in [5, 5.41) is 0. The Hall–Kier alpha value is -0.530. The Kier molecular flexibility index (Phi) is 9.84. The van der Waals surface area contributed by atoms with Gasteiger partial charge in [0.1, 0.15) is 6.10 Å². The molecule has 0 unspecified atom stereocenters. The lowest BCUT2D eigenvalue weighted by atomic mass is 10.0. The monoisotopic (exact) mass is 268 g/mol. The molecule has 1 aliphatic rings. The van der Waals surface area contributed by atoms with E-state index in [1.165, 1.54) is 64.2 Å². The lowest BCUT2D eigenvalue weighted by Crippen LogP contribution is -2.23. The summed E-state index contributed by atoms with van der Waals surface area (Å²) in [5.74, 6) is 0.0170. The second-order valence-corrected chi connectivity index (χ2v) is 5.97. The number of cyclic esters (lactones) is 1. The molecule has 0 radical (unpaired) electrons. The summed E-state index contributed by atoms with van der Waals surface area (Å²) >= 11 is 0. The molecule has 0 aliphatic carbocycles. The lowest BCUT2D eigenvalue weighted by molar-refractivity contribution is -0.154. The number of ether oxygens (including phenoxy) is 1. The van der Waals surface area contributed by atoms with Gasteiger partial charge in [0.15, 0.2) is 0 Å². The molecule has 1 atom stereocenters. The van der Waals surface area contributed by atoms with E-state index < -0.39 is 0 Å². The summed E-state index contributed by atoms with van der Waals surface area (Å²) in [5.41, 5.74) is 0. The Morgan fingerprint density at radius 3 is 2.11 bits per heavy atom. The normalized spacial score (nSPS) is 19.4. The van der Waals surface area contributed by atoms with Crippen molar-refractivity contribution in [2.75, 3.05) is 0 Å². The van der Waals surface area contributed by atoms with Crippen LogP contribution in [0.15, 0.2) is 0 Å². The first-order valence-corrected chi connectivity index (χ1v) is 8.52. The van der Waals surface area contributed by atoms with Gasteiger partial charge in [-0.15, -0.1) is 0 Å². The largest absolute Gasteiger partial charge is 0.462 e. The second kappa shape index (κ2) is 11.3. The van der Waals surface area contributed by atoms with Crippen LogP contribution in [0, 0.1) is 0 Å². The van der Waals surface area contributed by atoms with Crippen LogP contribution in [-0.4, -0.2) is 12.1 Å². The molecular weight excluding hydrogens is 236 g/mol. The predicted octanol–water partition coefficient (Wildman–Crippen LogP) is 5.39. The first-order chi connectivity index (χ1) is 9.33. The highest BCUT2D eigenvalue weighted by molar-refractivity contribution is 5.70. The van der Waals surface area contributed by atoms with Crippen molar-refractivity contribution in [1.29, 1.82) is 0 Å². The van der Waals surface area contributed by atoms with E-state index in [1.54, 1.807) is 0 Å². The summed E-state index contributed by atoms with van der Waals surface area (Å²) in [6.07, 6.45) is 17.8. The number of hydrogen-bond acceptors (Lipinski definition) is 2. The zero-order chi connectivity index (χ0) is 13.8. The van der Waals surface area contributed by atoms with Gasteiger partial charge in [-0.25, -0.2) is 0 Å². The molecule has 1 aliphatic heterocycles. The number of carbonyl (C=O) groups is 1. The maximum Gasteiger partial charge on any atom is 0.306 e. The molecule has 1 saturated heterocycles. The smallest absolute Gasteiger partial charge is 0.306 e. The van der Waals surface area contributed by atoms with Crippen LogP contribution in [0.4, 0.5) is 0 Å². The van der Waals surface area contributed by atoms with Gasteiger partial charge in [0.25, 0.3) is 0 Å². The van der Waals surface area contributed by atoms with Gasteiger partial charge >= 0.3 is 5.97 Å². The van der Waals surface area contributed by atoms with Gasteiger partial charge in [0.2, 0.25) is 0 Å². The van der Waals surface area contributed by atoms with Crippen molar-refractivity contribution < 1.29 is 9.53 Å². The Labute approximate surface area is 119 Å². The summed E-state index contributed by atoms with van der Waals surface area (Å²) < 4.78 is 5.33. The molecule has 0 N–H and O–H groups in total. The van der Waals surface area contributed by atoms with Gasteiger partial charge in [-0.05, 0) is 25.7 Å². The highest BCUT2D eigenvalue weighted by Gasteiger charge is 2.19. The molecule has 1 heterocycles. The van der Waals surface area contributed by atoms with Gasteiger partial charge in [0.05, 0.1) is 0 Å². The van der Waals surface area contributed by atoms with Crippen molar-refractivity contribution in [1.82, 2.24) is 0 Å². The quantitative estimate of drug-likeness (QED) is 0.371. The van der Waals surface area contributed by atoms with Crippen LogP contribution in [0.2, 0.25) is 0 Å². The van der Waals surface area contributed by atoms with Gasteiger partial charge in [-0.3, -0.25) is 4.79 Å². The summed E-state index contributed by atoms with van der Waals surface area (Å²) in [6, 6.07) is 0. The zero-order valence-electron chi connectivity index (χ0n) is 12.8. The minimum absolute atomic E-state index is 0.0170. The Balaban J connectivity index is 1.79. The number of hydrogen-bond donors (Lipinski definition) is 0. The topological polar surface area (TPSA) is 26.3 Å². The third kappa shape index (κ3) is 9.07. The average molecular weight is 268 g/mol. The third-order valence-electron chi connectivity index (χ3n) is 4.08. The molecule has 112 valence electrons. The van der Waals surface area contributed by atoms with E-state index in [4.69, 9.17) is 4.74 Å². The SMILES string of the molecule is CCCCCCCCCCCC[C@H]1CCCC(=O)O1. The Morgan fingerprint density at radius 1 is 0.947 bits per heavy atom. The van der Waals surface area contributed by atoms with Crippen LogP contribution in [0.3, 0.4) is 0 Å². The summed E-state index contributed by atoms with van der Waals surface area (Å²) in [4.78, 5) is 11.1. The minimum Gasteiger partial charge on any atom is -0.462 e. The van der Waals surface area contributed by atoms with Gasteiger partial charge < -0.3 is 4.74 Å². The van der Waals surface area contributed by atoms with E-state index in [2.05, 4.69) is 6.92 Å². The van der Waals surface area contributed by atoms with Crippen molar-refractivity contribution in [2.24, 2.45) is 0 Å². The molecule has 2 nitrogen and oxygen atoms in total. The Bertz CT molecular complexity index is 225. The van der Waals surface area contributed by atoms with Crippen LogP contribution in [0.25, 0.3) is 0 Å². The fourth-order valence-corrected chi connectivity index (χ4v) is 2.84. The molecule has 0 saturated carbocycles.